The highest BCUT2D eigenvalue weighted by atomic mass is 16.5. The van der Waals surface area contributed by atoms with E-state index in [4.69, 9.17) is 14.2 Å². The lowest BCUT2D eigenvalue weighted by molar-refractivity contribution is 0.208. The molecule has 1 saturated heterocycles. The number of carbonyl (C=O) groups is 1. The molecule has 2 amide bonds. The Kier molecular flexibility index (Phi) is 6.29. The number of piperazine rings is 1. The molecule has 0 unspecified atom stereocenters. The highest BCUT2D eigenvalue weighted by Crippen LogP contribution is 2.40. The predicted molar refractivity (Wildman–Crippen MR) is 120 cm³/mol. The minimum Gasteiger partial charge on any atom is -0.493 e. The lowest BCUT2D eigenvalue weighted by atomic mass is 10.2. The van der Waals surface area contributed by atoms with E-state index in [0.717, 1.165) is 11.6 Å². The van der Waals surface area contributed by atoms with Crippen molar-refractivity contribution in [2.45, 2.75) is 0 Å². The first-order chi connectivity index (χ1) is 15.6. The summed E-state index contributed by atoms with van der Waals surface area (Å²) < 4.78 is 17.9. The number of benzene rings is 1. The van der Waals surface area contributed by atoms with E-state index in [1.807, 2.05) is 41.2 Å². The van der Waals surface area contributed by atoms with Gasteiger partial charge in [-0.25, -0.2) is 4.79 Å². The molecule has 32 heavy (non-hydrogen) atoms. The minimum absolute atomic E-state index is 0.187. The van der Waals surface area contributed by atoms with Crippen molar-refractivity contribution in [2.24, 2.45) is 0 Å². The molecular formula is C22H26N6O4. The number of hydrogen-bond donors (Lipinski definition) is 1. The molecule has 10 heteroatoms. The van der Waals surface area contributed by atoms with E-state index < -0.39 is 0 Å². The number of rotatable bonds is 6. The van der Waals surface area contributed by atoms with Gasteiger partial charge in [-0.15, -0.1) is 10.2 Å². The summed E-state index contributed by atoms with van der Waals surface area (Å²) in [7, 11) is 4.61. The smallest absolute Gasteiger partial charge is 0.321 e. The first-order valence-corrected chi connectivity index (χ1v) is 10.2. The molecule has 0 saturated carbocycles. The summed E-state index contributed by atoms with van der Waals surface area (Å²) in [5.41, 5.74) is 0.568. The van der Waals surface area contributed by atoms with Crippen molar-refractivity contribution in [1.82, 2.24) is 19.7 Å². The van der Waals surface area contributed by atoms with Crippen LogP contribution in [0.15, 0.2) is 48.8 Å². The number of nitrogens with zero attached hydrogens (tertiary/aromatic N) is 5. The fourth-order valence-electron chi connectivity index (χ4n) is 3.61. The third-order valence-electron chi connectivity index (χ3n) is 5.31. The van der Waals surface area contributed by atoms with Gasteiger partial charge in [0.2, 0.25) is 5.75 Å². The van der Waals surface area contributed by atoms with E-state index in [-0.39, 0.29) is 6.03 Å². The van der Waals surface area contributed by atoms with Crippen LogP contribution in [0.25, 0.3) is 5.82 Å². The number of carbonyl (C=O) groups excluding carboxylic acids is 1. The summed E-state index contributed by atoms with van der Waals surface area (Å²) in [4.78, 5) is 16.7. The Labute approximate surface area is 186 Å². The first kappa shape index (κ1) is 21.3. The Balaban J connectivity index is 1.37. The van der Waals surface area contributed by atoms with Crippen LogP contribution in [0.5, 0.6) is 17.2 Å². The van der Waals surface area contributed by atoms with Gasteiger partial charge in [0.05, 0.1) is 27.0 Å². The van der Waals surface area contributed by atoms with Crippen LogP contribution in [0.4, 0.5) is 16.3 Å². The van der Waals surface area contributed by atoms with Gasteiger partial charge in [0.25, 0.3) is 0 Å². The maximum absolute atomic E-state index is 12.8. The monoisotopic (exact) mass is 438 g/mol. The first-order valence-electron chi connectivity index (χ1n) is 10.2. The van der Waals surface area contributed by atoms with Crippen LogP contribution in [0, 0.1) is 0 Å². The van der Waals surface area contributed by atoms with E-state index in [1.54, 1.807) is 17.0 Å². The van der Waals surface area contributed by atoms with Gasteiger partial charge in [-0.2, -0.15) is 0 Å². The number of urea groups is 1. The predicted octanol–water partition coefficient (Wildman–Crippen LogP) is 2.65. The van der Waals surface area contributed by atoms with Crippen LogP contribution in [-0.4, -0.2) is 73.2 Å². The summed E-state index contributed by atoms with van der Waals surface area (Å²) in [5, 5.41) is 11.6. The number of aromatic nitrogens is 3. The summed E-state index contributed by atoms with van der Waals surface area (Å²) >= 11 is 0. The molecule has 3 aromatic rings. The zero-order chi connectivity index (χ0) is 22.5. The van der Waals surface area contributed by atoms with E-state index in [1.165, 1.54) is 21.3 Å². The normalized spacial score (nSPS) is 13.6. The minimum atomic E-state index is -0.187. The third kappa shape index (κ3) is 4.39. The molecule has 0 spiro atoms. The number of nitrogens with one attached hydrogen (secondary N) is 1. The summed E-state index contributed by atoms with van der Waals surface area (Å²) in [6.07, 6.45) is 3.85. The van der Waals surface area contributed by atoms with Gasteiger partial charge < -0.3 is 33.9 Å². The van der Waals surface area contributed by atoms with Crippen LogP contribution in [0.1, 0.15) is 0 Å². The second kappa shape index (κ2) is 9.46. The van der Waals surface area contributed by atoms with E-state index in [2.05, 4.69) is 20.4 Å². The standard InChI is InChI=1S/C22H26N6O4/c1-30-17-14-16(15-18(31-2)21(17)32-3)23-22(29)28-12-10-27(11-13-28)20-7-6-19(24-25-20)26-8-4-5-9-26/h4-9,14-15H,10-13H2,1-3H3,(H,23,29). The highest BCUT2D eigenvalue weighted by molar-refractivity contribution is 5.90. The Morgan fingerprint density at radius 2 is 1.47 bits per heavy atom. The molecule has 1 aliphatic heterocycles. The van der Waals surface area contributed by atoms with E-state index in [9.17, 15) is 4.79 Å². The van der Waals surface area contributed by atoms with Crippen molar-refractivity contribution in [3.63, 3.8) is 0 Å². The summed E-state index contributed by atoms with van der Waals surface area (Å²) in [6, 6.07) is 11.0. The molecule has 168 valence electrons. The fourth-order valence-corrected chi connectivity index (χ4v) is 3.61. The Hall–Kier alpha value is -3.95. The number of ether oxygens (including phenoxy) is 3. The molecule has 0 bridgehead atoms. The topological polar surface area (TPSA) is 94.0 Å². The second-order valence-electron chi connectivity index (χ2n) is 7.16. The molecule has 10 nitrogen and oxygen atoms in total. The lowest BCUT2D eigenvalue weighted by Crippen LogP contribution is -2.50. The van der Waals surface area contributed by atoms with Crippen LogP contribution in [0.2, 0.25) is 0 Å². The van der Waals surface area contributed by atoms with Crippen LogP contribution in [0.3, 0.4) is 0 Å². The van der Waals surface area contributed by atoms with Crippen molar-refractivity contribution in [1.29, 1.82) is 0 Å². The van der Waals surface area contributed by atoms with Crippen molar-refractivity contribution in [2.75, 3.05) is 57.7 Å². The highest BCUT2D eigenvalue weighted by Gasteiger charge is 2.23. The van der Waals surface area contributed by atoms with Gasteiger partial charge in [0.15, 0.2) is 23.1 Å². The number of hydrogen-bond acceptors (Lipinski definition) is 7. The molecule has 0 radical (unpaired) electrons. The second-order valence-corrected chi connectivity index (χ2v) is 7.16. The van der Waals surface area contributed by atoms with Crippen LogP contribution >= 0.6 is 0 Å². The van der Waals surface area contributed by atoms with Crippen molar-refractivity contribution in [3.05, 3.63) is 48.8 Å². The molecule has 1 fully saturated rings. The molecule has 0 aliphatic carbocycles. The van der Waals surface area contributed by atoms with Gasteiger partial charge in [0.1, 0.15) is 0 Å². The Bertz CT molecular complexity index is 1020. The van der Waals surface area contributed by atoms with Crippen molar-refractivity contribution >= 4 is 17.5 Å². The molecule has 3 heterocycles. The SMILES string of the molecule is COc1cc(NC(=O)N2CCN(c3ccc(-n4cccc4)nn3)CC2)cc(OC)c1OC. The summed E-state index contributed by atoms with van der Waals surface area (Å²) in [6.45, 7) is 2.47. The average Bonchev–Trinajstić information content (AvgIpc) is 3.38. The number of anilines is 2. The van der Waals surface area contributed by atoms with E-state index in [0.29, 0.717) is 49.1 Å². The zero-order valence-electron chi connectivity index (χ0n) is 18.3. The molecule has 1 N–H and O–H groups in total. The van der Waals surface area contributed by atoms with Gasteiger partial charge in [-0.3, -0.25) is 0 Å². The molecule has 1 aliphatic rings. The van der Waals surface area contributed by atoms with Gasteiger partial charge >= 0.3 is 6.03 Å². The lowest BCUT2D eigenvalue weighted by Gasteiger charge is -2.35. The average molecular weight is 438 g/mol. The molecule has 2 aromatic heterocycles. The van der Waals surface area contributed by atoms with Crippen molar-refractivity contribution < 1.29 is 19.0 Å². The third-order valence-corrected chi connectivity index (χ3v) is 5.31. The Morgan fingerprint density at radius 3 is 2.00 bits per heavy atom. The number of methoxy groups -OCH3 is 3. The van der Waals surface area contributed by atoms with Crippen molar-refractivity contribution in [3.8, 4) is 23.1 Å². The summed E-state index contributed by atoms with van der Waals surface area (Å²) in [5.74, 6) is 3.00. The van der Waals surface area contributed by atoms with Gasteiger partial charge in [-0.05, 0) is 24.3 Å². The molecular weight excluding hydrogens is 412 g/mol. The van der Waals surface area contributed by atoms with Gasteiger partial charge in [-0.1, -0.05) is 0 Å². The molecule has 1 aromatic carbocycles. The zero-order valence-corrected chi connectivity index (χ0v) is 18.3. The fraction of sp³-hybridized carbons (Fsp3) is 0.318. The molecule has 4 rings (SSSR count). The quantitative estimate of drug-likeness (QED) is 0.632. The Morgan fingerprint density at radius 1 is 0.875 bits per heavy atom. The largest absolute Gasteiger partial charge is 0.493 e. The van der Waals surface area contributed by atoms with E-state index >= 15 is 0 Å². The maximum atomic E-state index is 12.8. The van der Waals surface area contributed by atoms with Gasteiger partial charge in [0, 0.05) is 50.7 Å². The number of amides is 2. The van der Waals surface area contributed by atoms with Crippen LogP contribution < -0.4 is 24.4 Å². The van der Waals surface area contributed by atoms with Crippen LogP contribution in [-0.2, 0) is 0 Å². The molecule has 0 atom stereocenters. The maximum Gasteiger partial charge on any atom is 0.321 e.